The van der Waals surface area contributed by atoms with Gasteiger partial charge in [0.05, 0.1) is 16.1 Å². The zero-order chi connectivity index (χ0) is 21.9. The maximum absolute atomic E-state index is 12.8. The first-order valence-corrected chi connectivity index (χ1v) is 10.2. The first kappa shape index (κ1) is 21.4. The van der Waals surface area contributed by atoms with Crippen LogP contribution in [0.15, 0.2) is 77.7 Å². The van der Waals surface area contributed by atoms with Crippen molar-refractivity contribution in [3.8, 4) is 0 Å². The number of aryl methyl sites for hydroxylation is 1. The van der Waals surface area contributed by atoms with E-state index in [2.05, 4.69) is 10.0 Å². The van der Waals surface area contributed by atoms with Gasteiger partial charge in [0, 0.05) is 11.3 Å². The molecule has 0 aliphatic rings. The molecule has 5 nitrogen and oxygen atoms in total. The van der Waals surface area contributed by atoms with E-state index in [1.54, 1.807) is 25.1 Å². The molecule has 3 aromatic carbocycles. The molecule has 2 N–H and O–H groups in total. The van der Waals surface area contributed by atoms with Gasteiger partial charge in [-0.05, 0) is 61.0 Å². The smallest absolute Gasteiger partial charge is 0.322 e. The van der Waals surface area contributed by atoms with Crippen LogP contribution in [0.3, 0.4) is 0 Å². The molecule has 9 heteroatoms. The minimum atomic E-state index is -4.52. The molecule has 156 valence electrons. The minimum Gasteiger partial charge on any atom is -0.322 e. The van der Waals surface area contributed by atoms with Crippen LogP contribution in [0.25, 0.3) is 0 Å². The van der Waals surface area contributed by atoms with E-state index in [4.69, 9.17) is 0 Å². The third-order valence-corrected chi connectivity index (χ3v) is 5.62. The lowest BCUT2D eigenvalue weighted by Gasteiger charge is -2.13. The van der Waals surface area contributed by atoms with E-state index in [0.717, 1.165) is 12.1 Å². The Morgan fingerprint density at radius 1 is 0.900 bits per heavy atom. The summed E-state index contributed by atoms with van der Waals surface area (Å²) in [6.07, 6.45) is -4.52. The number of nitrogens with one attached hydrogen (secondary N) is 2. The van der Waals surface area contributed by atoms with Gasteiger partial charge in [-0.1, -0.05) is 24.3 Å². The molecule has 0 aliphatic carbocycles. The third kappa shape index (κ3) is 4.98. The number of hydrogen-bond donors (Lipinski definition) is 2. The van der Waals surface area contributed by atoms with Gasteiger partial charge in [0.1, 0.15) is 0 Å². The summed E-state index contributed by atoms with van der Waals surface area (Å²) in [7, 11) is -3.79. The molecule has 0 aromatic heterocycles. The number of sulfonamides is 1. The van der Waals surface area contributed by atoms with Gasteiger partial charge in [0.25, 0.3) is 15.9 Å². The average molecular weight is 434 g/mol. The molecule has 0 saturated heterocycles. The second-order valence-electron chi connectivity index (χ2n) is 6.48. The van der Waals surface area contributed by atoms with Crippen LogP contribution in [0.5, 0.6) is 0 Å². The summed E-state index contributed by atoms with van der Waals surface area (Å²) in [5.41, 5.74) is 0.0664. The standard InChI is InChI=1S/C21H17F3N2O3S/c1-14-12-15(20(27)25-17-7-5-6-16(13-17)21(22,23)24)10-11-19(14)26-30(28,29)18-8-3-2-4-9-18/h2-13,26H,1H3,(H,25,27). The molecule has 0 saturated carbocycles. The van der Waals surface area contributed by atoms with Gasteiger partial charge >= 0.3 is 6.18 Å². The van der Waals surface area contributed by atoms with Crippen LogP contribution < -0.4 is 10.0 Å². The van der Waals surface area contributed by atoms with E-state index in [-0.39, 0.29) is 21.8 Å². The predicted octanol–water partition coefficient (Wildman–Crippen LogP) is 5.07. The van der Waals surface area contributed by atoms with E-state index in [9.17, 15) is 26.4 Å². The average Bonchev–Trinajstić information content (AvgIpc) is 2.69. The van der Waals surface area contributed by atoms with Crippen LogP contribution in [-0.4, -0.2) is 14.3 Å². The molecule has 0 aliphatic heterocycles. The van der Waals surface area contributed by atoms with Gasteiger partial charge in [0.2, 0.25) is 0 Å². The Balaban J connectivity index is 1.78. The highest BCUT2D eigenvalue weighted by atomic mass is 32.2. The lowest BCUT2D eigenvalue weighted by Crippen LogP contribution is -2.15. The molecule has 0 atom stereocenters. The molecule has 0 spiro atoms. The number of anilines is 2. The summed E-state index contributed by atoms with van der Waals surface area (Å²) in [5.74, 6) is -0.616. The van der Waals surface area contributed by atoms with Crippen molar-refractivity contribution in [2.75, 3.05) is 10.0 Å². The van der Waals surface area contributed by atoms with Crippen molar-refractivity contribution in [2.45, 2.75) is 18.0 Å². The van der Waals surface area contributed by atoms with Gasteiger partial charge in [-0.15, -0.1) is 0 Å². The molecule has 30 heavy (non-hydrogen) atoms. The molecule has 3 rings (SSSR count). The van der Waals surface area contributed by atoms with Gasteiger partial charge in [0.15, 0.2) is 0 Å². The Morgan fingerprint density at radius 2 is 1.60 bits per heavy atom. The lowest BCUT2D eigenvalue weighted by atomic mass is 10.1. The van der Waals surface area contributed by atoms with Gasteiger partial charge in [-0.3, -0.25) is 9.52 Å². The zero-order valence-corrected chi connectivity index (χ0v) is 16.5. The molecule has 0 fully saturated rings. The van der Waals surface area contributed by atoms with Crippen LogP contribution in [-0.2, 0) is 16.2 Å². The fraction of sp³-hybridized carbons (Fsp3) is 0.0952. The van der Waals surface area contributed by atoms with Crippen LogP contribution >= 0.6 is 0 Å². The Bertz CT molecular complexity index is 1180. The summed E-state index contributed by atoms with van der Waals surface area (Å²) in [4.78, 5) is 12.5. The van der Waals surface area contributed by atoms with Gasteiger partial charge < -0.3 is 5.32 Å². The number of halogens is 3. The zero-order valence-electron chi connectivity index (χ0n) is 15.7. The number of hydrogen-bond acceptors (Lipinski definition) is 3. The fourth-order valence-electron chi connectivity index (χ4n) is 2.70. The molecule has 0 radical (unpaired) electrons. The predicted molar refractivity (Wildman–Crippen MR) is 108 cm³/mol. The number of rotatable bonds is 5. The van der Waals surface area contributed by atoms with E-state index in [1.165, 1.54) is 42.5 Å². The molecular weight excluding hydrogens is 417 g/mol. The van der Waals surface area contributed by atoms with Crippen LogP contribution in [0, 0.1) is 6.92 Å². The third-order valence-electron chi connectivity index (χ3n) is 4.23. The van der Waals surface area contributed by atoms with Crippen LogP contribution in [0.2, 0.25) is 0 Å². The molecule has 0 unspecified atom stereocenters. The minimum absolute atomic E-state index is 0.00124. The number of alkyl halides is 3. The second-order valence-corrected chi connectivity index (χ2v) is 8.16. The van der Waals surface area contributed by atoms with E-state index in [0.29, 0.717) is 5.56 Å². The van der Waals surface area contributed by atoms with Crippen LogP contribution in [0.4, 0.5) is 24.5 Å². The van der Waals surface area contributed by atoms with E-state index >= 15 is 0 Å². The van der Waals surface area contributed by atoms with Crippen molar-refractivity contribution < 1.29 is 26.4 Å². The summed E-state index contributed by atoms with van der Waals surface area (Å²) in [6.45, 7) is 1.61. The summed E-state index contributed by atoms with van der Waals surface area (Å²) >= 11 is 0. The molecular formula is C21H17F3N2O3S. The van der Waals surface area contributed by atoms with Gasteiger partial charge in [-0.25, -0.2) is 8.42 Å². The highest BCUT2D eigenvalue weighted by Gasteiger charge is 2.30. The Kier molecular flexibility index (Phi) is 5.84. The number of carbonyl (C=O) groups is 1. The van der Waals surface area contributed by atoms with Crippen LogP contribution in [0.1, 0.15) is 21.5 Å². The van der Waals surface area contributed by atoms with Gasteiger partial charge in [-0.2, -0.15) is 13.2 Å². The highest BCUT2D eigenvalue weighted by molar-refractivity contribution is 7.92. The first-order chi connectivity index (χ1) is 14.1. The van der Waals surface area contributed by atoms with Crippen molar-refractivity contribution in [1.29, 1.82) is 0 Å². The van der Waals surface area contributed by atoms with Crippen molar-refractivity contribution in [3.05, 3.63) is 89.5 Å². The molecule has 0 heterocycles. The Morgan fingerprint density at radius 3 is 2.23 bits per heavy atom. The summed E-state index contributed by atoms with van der Waals surface area (Å²) in [5, 5.41) is 2.41. The largest absolute Gasteiger partial charge is 0.416 e. The Labute approximate surface area is 171 Å². The van der Waals surface area contributed by atoms with E-state index < -0.39 is 27.7 Å². The number of carbonyl (C=O) groups excluding carboxylic acids is 1. The Hall–Kier alpha value is -3.33. The quantitative estimate of drug-likeness (QED) is 0.589. The highest BCUT2D eigenvalue weighted by Crippen LogP contribution is 2.31. The normalized spacial score (nSPS) is 11.7. The summed E-state index contributed by atoms with van der Waals surface area (Å²) < 4.78 is 65.8. The molecule has 0 bridgehead atoms. The van der Waals surface area contributed by atoms with Crippen molar-refractivity contribution >= 4 is 27.3 Å². The first-order valence-electron chi connectivity index (χ1n) is 8.73. The second kappa shape index (κ2) is 8.19. The number of amides is 1. The maximum atomic E-state index is 12.8. The van der Waals surface area contributed by atoms with E-state index in [1.807, 2.05) is 0 Å². The van der Waals surface area contributed by atoms with Crippen molar-refractivity contribution in [2.24, 2.45) is 0 Å². The molecule has 3 aromatic rings. The topological polar surface area (TPSA) is 75.3 Å². The summed E-state index contributed by atoms with van der Waals surface area (Å²) in [6, 6.07) is 16.4. The van der Waals surface area contributed by atoms with Crippen molar-refractivity contribution in [3.63, 3.8) is 0 Å². The maximum Gasteiger partial charge on any atom is 0.416 e. The number of benzene rings is 3. The fourth-order valence-corrected chi connectivity index (χ4v) is 3.85. The molecule has 1 amide bonds. The lowest BCUT2D eigenvalue weighted by molar-refractivity contribution is -0.137. The monoisotopic (exact) mass is 434 g/mol. The van der Waals surface area contributed by atoms with Crippen molar-refractivity contribution in [1.82, 2.24) is 0 Å². The SMILES string of the molecule is Cc1cc(C(=O)Nc2cccc(C(F)(F)F)c2)ccc1NS(=O)(=O)c1ccccc1.